The summed E-state index contributed by atoms with van der Waals surface area (Å²) in [6, 6.07) is 5.89. The van der Waals surface area contributed by atoms with E-state index in [4.69, 9.17) is 4.74 Å². The van der Waals surface area contributed by atoms with Gasteiger partial charge in [-0.2, -0.15) is 0 Å². The van der Waals surface area contributed by atoms with E-state index in [0.29, 0.717) is 24.2 Å². The summed E-state index contributed by atoms with van der Waals surface area (Å²) in [5, 5.41) is 9.42. The topological polar surface area (TPSA) is 52.1 Å². The normalized spacial score (nSPS) is 24.5. The molecule has 0 bridgehead atoms. The van der Waals surface area contributed by atoms with Gasteiger partial charge in [0.25, 0.3) is 0 Å². The summed E-state index contributed by atoms with van der Waals surface area (Å²) >= 11 is 1.84. The van der Waals surface area contributed by atoms with Gasteiger partial charge in [-0.05, 0) is 45.1 Å². The number of morpholine rings is 1. The lowest BCUT2D eigenvalue weighted by molar-refractivity contribution is -0.0334. The van der Waals surface area contributed by atoms with Crippen molar-refractivity contribution in [1.29, 1.82) is 0 Å². The van der Waals surface area contributed by atoms with Gasteiger partial charge >= 0.3 is 0 Å². The highest BCUT2D eigenvalue weighted by atomic mass is 32.1. The first-order chi connectivity index (χ1) is 13.6. The summed E-state index contributed by atoms with van der Waals surface area (Å²) in [4.78, 5) is 11.0. The molecule has 1 aromatic rings. The van der Waals surface area contributed by atoms with Gasteiger partial charge in [-0.3, -0.25) is 9.89 Å². The van der Waals surface area contributed by atoms with Crippen LogP contribution in [0.25, 0.3) is 0 Å². The van der Waals surface area contributed by atoms with Crippen LogP contribution >= 0.6 is 11.3 Å². The monoisotopic (exact) mass is 407 g/mol. The molecular formula is C21H37N5OS. The first kappa shape index (κ1) is 21.6. The molecule has 0 radical (unpaired) electrons. The van der Waals surface area contributed by atoms with Crippen molar-refractivity contribution in [1.82, 2.24) is 20.4 Å². The Balaban J connectivity index is 1.54. The second-order valence-corrected chi connectivity index (χ2v) is 9.19. The number of guanidine groups is 1. The number of nitrogens with one attached hydrogen (secondary N) is 2. The smallest absolute Gasteiger partial charge is 0.191 e. The SMILES string of the molecule is CN=C(NCC(c1cccs1)N1CCOC(C)C1)NC1CCN(C(C)C)CC1. The van der Waals surface area contributed by atoms with E-state index in [1.807, 2.05) is 18.4 Å². The van der Waals surface area contributed by atoms with Gasteiger partial charge in [-0.15, -0.1) is 11.3 Å². The summed E-state index contributed by atoms with van der Waals surface area (Å²) in [6.45, 7) is 12.7. The Morgan fingerprint density at radius 2 is 2.07 bits per heavy atom. The van der Waals surface area contributed by atoms with Crippen LogP contribution in [-0.4, -0.2) is 80.3 Å². The van der Waals surface area contributed by atoms with E-state index in [9.17, 15) is 0 Å². The quantitative estimate of drug-likeness (QED) is 0.561. The van der Waals surface area contributed by atoms with Crippen molar-refractivity contribution in [3.63, 3.8) is 0 Å². The van der Waals surface area contributed by atoms with E-state index in [-0.39, 0.29) is 0 Å². The minimum atomic E-state index is 0.291. The highest BCUT2D eigenvalue weighted by molar-refractivity contribution is 7.10. The fourth-order valence-electron chi connectivity index (χ4n) is 4.16. The second kappa shape index (κ2) is 10.6. The van der Waals surface area contributed by atoms with Crippen LogP contribution in [0, 0.1) is 0 Å². The molecule has 0 aliphatic carbocycles. The van der Waals surface area contributed by atoms with Crippen LogP contribution in [0.4, 0.5) is 0 Å². The number of likely N-dealkylation sites (tertiary alicyclic amines) is 1. The highest BCUT2D eigenvalue weighted by Gasteiger charge is 2.27. The first-order valence-corrected chi connectivity index (χ1v) is 11.5. The van der Waals surface area contributed by atoms with Crippen molar-refractivity contribution < 1.29 is 4.74 Å². The highest BCUT2D eigenvalue weighted by Crippen LogP contribution is 2.26. The fraction of sp³-hybridized carbons (Fsp3) is 0.762. The predicted molar refractivity (Wildman–Crippen MR) is 118 cm³/mol. The summed E-state index contributed by atoms with van der Waals surface area (Å²) in [5.74, 6) is 0.922. The summed E-state index contributed by atoms with van der Waals surface area (Å²) in [5.41, 5.74) is 0. The van der Waals surface area contributed by atoms with E-state index in [0.717, 1.165) is 45.3 Å². The zero-order valence-corrected chi connectivity index (χ0v) is 18.7. The average Bonchev–Trinajstić information content (AvgIpc) is 3.22. The summed E-state index contributed by atoms with van der Waals surface area (Å²) < 4.78 is 5.75. The Labute approximate surface area is 174 Å². The lowest BCUT2D eigenvalue weighted by Crippen LogP contribution is -2.52. The Kier molecular flexibility index (Phi) is 8.14. The Morgan fingerprint density at radius 1 is 1.29 bits per heavy atom. The number of ether oxygens (including phenoxy) is 1. The van der Waals surface area contributed by atoms with Gasteiger partial charge in [0.15, 0.2) is 5.96 Å². The van der Waals surface area contributed by atoms with Crippen molar-refractivity contribution in [3.05, 3.63) is 22.4 Å². The molecule has 158 valence electrons. The van der Waals surface area contributed by atoms with E-state index < -0.39 is 0 Å². The Hall–Kier alpha value is -1.15. The van der Waals surface area contributed by atoms with Gasteiger partial charge in [-0.25, -0.2) is 0 Å². The zero-order chi connectivity index (χ0) is 19.9. The standard InChI is InChI=1S/C21H37N5OS/c1-16(2)25-9-7-18(8-10-25)24-21(22-4)23-14-19(20-6-5-13-28-20)26-11-12-27-17(3)15-26/h5-6,13,16-19H,7-12,14-15H2,1-4H3,(H2,22,23,24). The third-order valence-corrected chi connectivity index (χ3v) is 6.85. The van der Waals surface area contributed by atoms with Gasteiger partial charge in [0.1, 0.15) is 0 Å². The molecule has 2 aliphatic rings. The van der Waals surface area contributed by atoms with Gasteiger partial charge in [0.2, 0.25) is 0 Å². The van der Waals surface area contributed by atoms with E-state index in [2.05, 4.69) is 63.7 Å². The molecule has 28 heavy (non-hydrogen) atoms. The van der Waals surface area contributed by atoms with Crippen LogP contribution in [0.5, 0.6) is 0 Å². The molecule has 0 spiro atoms. The van der Waals surface area contributed by atoms with Crippen LogP contribution < -0.4 is 10.6 Å². The molecule has 2 atom stereocenters. The fourth-order valence-corrected chi connectivity index (χ4v) is 5.02. The molecule has 2 saturated heterocycles. The molecule has 2 aliphatic heterocycles. The molecular weight excluding hydrogens is 370 g/mol. The second-order valence-electron chi connectivity index (χ2n) is 8.21. The van der Waals surface area contributed by atoms with Gasteiger partial charge in [-0.1, -0.05) is 6.07 Å². The van der Waals surface area contributed by atoms with E-state index >= 15 is 0 Å². The minimum absolute atomic E-state index is 0.291. The maximum atomic E-state index is 5.75. The molecule has 6 nitrogen and oxygen atoms in total. The maximum absolute atomic E-state index is 5.75. The molecule has 7 heteroatoms. The molecule has 3 rings (SSSR count). The zero-order valence-electron chi connectivity index (χ0n) is 17.9. The number of rotatable bonds is 6. The number of piperidine rings is 1. The van der Waals surface area contributed by atoms with E-state index in [1.54, 1.807) is 0 Å². The molecule has 0 amide bonds. The van der Waals surface area contributed by atoms with Crippen molar-refractivity contribution >= 4 is 17.3 Å². The lowest BCUT2D eigenvalue weighted by atomic mass is 10.0. The summed E-state index contributed by atoms with van der Waals surface area (Å²) in [7, 11) is 1.87. The molecule has 0 saturated carbocycles. The van der Waals surface area contributed by atoms with E-state index in [1.165, 1.54) is 17.7 Å². The van der Waals surface area contributed by atoms with Crippen LogP contribution in [0.2, 0.25) is 0 Å². The molecule has 3 heterocycles. The van der Waals surface area contributed by atoms with Gasteiger partial charge in [0.05, 0.1) is 18.8 Å². The first-order valence-electron chi connectivity index (χ1n) is 10.7. The maximum Gasteiger partial charge on any atom is 0.191 e. The largest absolute Gasteiger partial charge is 0.376 e. The van der Waals surface area contributed by atoms with Crippen molar-refractivity contribution in [2.24, 2.45) is 4.99 Å². The molecule has 1 aromatic heterocycles. The third-order valence-electron chi connectivity index (χ3n) is 5.87. The number of aliphatic imine (C=N–C) groups is 1. The van der Waals surface area contributed by atoms with Crippen LogP contribution in [0.1, 0.15) is 44.5 Å². The van der Waals surface area contributed by atoms with Crippen LogP contribution in [-0.2, 0) is 4.74 Å². The third kappa shape index (κ3) is 5.92. The van der Waals surface area contributed by atoms with Crippen molar-refractivity contribution in [2.45, 2.75) is 57.8 Å². The Bertz CT molecular complexity index is 598. The van der Waals surface area contributed by atoms with Crippen LogP contribution in [0.3, 0.4) is 0 Å². The molecule has 0 aromatic carbocycles. The molecule has 2 N–H and O–H groups in total. The average molecular weight is 408 g/mol. The van der Waals surface area contributed by atoms with Crippen LogP contribution in [0.15, 0.2) is 22.5 Å². The van der Waals surface area contributed by atoms with Crippen molar-refractivity contribution in [3.8, 4) is 0 Å². The molecule has 2 unspecified atom stereocenters. The number of hydrogen-bond donors (Lipinski definition) is 2. The van der Waals surface area contributed by atoms with Crippen molar-refractivity contribution in [2.75, 3.05) is 46.4 Å². The minimum Gasteiger partial charge on any atom is -0.376 e. The number of nitrogens with zero attached hydrogens (tertiary/aromatic N) is 3. The van der Waals surface area contributed by atoms with Gasteiger partial charge in [0, 0.05) is 56.7 Å². The Morgan fingerprint density at radius 3 is 2.68 bits per heavy atom. The number of hydrogen-bond acceptors (Lipinski definition) is 5. The lowest BCUT2D eigenvalue weighted by Gasteiger charge is -2.38. The predicted octanol–water partition coefficient (Wildman–Crippen LogP) is 2.55. The summed E-state index contributed by atoms with van der Waals surface area (Å²) in [6.07, 6.45) is 2.64. The van der Waals surface area contributed by atoms with Gasteiger partial charge < -0.3 is 20.3 Å². The molecule has 2 fully saturated rings. The number of thiophene rings is 1.